The maximum atomic E-state index is 10.4. The van der Waals surface area contributed by atoms with Crippen molar-refractivity contribution in [3.63, 3.8) is 0 Å². The Bertz CT molecular complexity index is 585. The van der Waals surface area contributed by atoms with Crippen LogP contribution in [0.15, 0.2) is 33.4 Å². The van der Waals surface area contributed by atoms with Gasteiger partial charge in [-0.15, -0.1) is 0 Å². The second-order valence-corrected chi connectivity index (χ2v) is 4.92. The molecule has 1 atom stereocenters. The summed E-state index contributed by atoms with van der Waals surface area (Å²) in [6.07, 6.45) is 1.96. The van der Waals surface area contributed by atoms with E-state index in [-0.39, 0.29) is 18.6 Å². The van der Waals surface area contributed by atoms with Crippen LogP contribution in [0.2, 0.25) is 0 Å². The first-order chi connectivity index (χ1) is 9.54. The van der Waals surface area contributed by atoms with E-state index in [1.54, 1.807) is 19.2 Å². The summed E-state index contributed by atoms with van der Waals surface area (Å²) in [6, 6.07) is 3.23. The molecule has 0 aliphatic carbocycles. The number of nitrogens with one attached hydrogen (secondary N) is 1. The third-order valence-electron chi connectivity index (χ3n) is 2.28. The average Bonchev–Trinajstić information content (AvgIpc) is 2.85. The van der Waals surface area contributed by atoms with Crippen LogP contribution in [0.3, 0.4) is 0 Å². The van der Waals surface area contributed by atoms with Crippen LogP contribution in [-0.4, -0.2) is 33.8 Å². The standard InChI is InChI=1S/C12H12BrN3O4/c1-7(16-12(17)18)6-19-10-5-15-11(20-10)9-3-2-8(13)4-14-9/h2-5,7,16H,6H2,1H3,(H,17,18)/t7-/m0/s1. The molecule has 2 aromatic heterocycles. The van der Waals surface area contributed by atoms with Gasteiger partial charge in [0.05, 0.1) is 6.04 Å². The quantitative estimate of drug-likeness (QED) is 0.867. The lowest BCUT2D eigenvalue weighted by Crippen LogP contribution is -2.35. The molecule has 2 rings (SSSR count). The van der Waals surface area contributed by atoms with Crippen molar-refractivity contribution in [3.8, 4) is 17.5 Å². The molecule has 0 fully saturated rings. The van der Waals surface area contributed by atoms with E-state index in [4.69, 9.17) is 14.3 Å². The number of hydrogen-bond acceptors (Lipinski definition) is 5. The zero-order chi connectivity index (χ0) is 14.5. The Morgan fingerprint density at radius 3 is 2.95 bits per heavy atom. The first-order valence-electron chi connectivity index (χ1n) is 5.74. The molecule has 106 valence electrons. The Hall–Kier alpha value is -2.09. The second kappa shape index (κ2) is 6.38. The molecule has 0 radical (unpaired) electrons. The molecule has 0 spiro atoms. The van der Waals surface area contributed by atoms with Crippen molar-refractivity contribution in [1.29, 1.82) is 0 Å². The molecule has 0 aliphatic heterocycles. The fourth-order valence-electron chi connectivity index (χ4n) is 1.41. The number of nitrogens with zero attached hydrogens (tertiary/aromatic N) is 2. The number of halogens is 1. The lowest BCUT2D eigenvalue weighted by Gasteiger charge is -2.10. The zero-order valence-corrected chi connectivity index (χ0v) is 12.1. The summed E-state index contributed by atoms with van der Waals surface area (Å²) in [5, 5.41) is 10.8. The fourth-order valence-corrected chi connectivity index (χ4v) is 1.64. The number of carbonyl (C=O) groups is 1. The van der Waals surface area contributed by atoms with Gasteiger partial charge in [0.1, 0.15) is 18.5 Å². The molecular formula is C12H12BrN3O4. The molecule has 7 nitrogen and oxygen atoms in total. The summed E-state index contributed by atoms with van der Waals surface area (Å²) in [6.45, 7) is 1.83. The SMILES string of the molecule is C[C@@H](COc1cnc(-c2ccc(Br)cn2)o1)NC(=O)O. The molecule has 0 unspecified atom stereocenters. The molecular weight excluding hydrogens is 330 g/mol. The fraction of sp³-hybridized carbons (Fsp3) is 0.250. The summed E-state index contributed by atoms with van der Waals surface area (Å²) in [7, 11) is 0. The molecule has 8 heteroatoms. The minimum Gasteiger partial charge on any atom is -0.465 e. The van der Waals surface area contributed by atoms with Crippen molar-refractivity contribution in [1.82, 2.24) is 15.3 Å². The minimum atomic E-state index is -1.10. The van der Waals surface area contributed by atoms with E-state index >= 15 is 0 Å². The van der Waals surface area contributed by atoms with Gasteiger partial charge in [-0.05, 0) is 35.0 Å². The van der Waals surface area contributed by atoms with Gasteiger partial charge in [-0.1, -0.05) is 0 Å². The van der Waals surface area contributed by atoms with Gasteiger partial charge in [0.15, 0.2) is 0 Å². The lowest BCUT2D eigenvalue weighted by atomic mass is 10.3. The smallest absolute Gasteiger partial charge is 0.404 e. The molecule has 0 saturated heterocycles. The topological polar surface area (TPSA) is 97.5 Å². The van der Waals surface area contributed by atoms with E-state index in [0.717, 1.165) is 4.47 Å². The largest absolute Gasteiger partial charge is 0.465 e. The highest BCUT2D eigenvalue weighted by Gasteiger charge is 2.11. The predicted octanol–water partition coefficient (Wildman–Crippen LogP) is 2.53. The van der Waals surface area contributed by atoms with Crippen molar-refractivity contribution in [2.75, 3.05) is 6.61 Å². The summed E-state index contributed by atoms with van der Waals surface area (Å²) >= 11 is 3.29. The van der Waals surface area contributed by atoms with Gasteiger partial charge < -0.3 is 19.6 Å². The summed E-state index contributed by atoms with van der Waals surface area (Å²) in [5.41, 5.74) is 0.583. The highest BCUT2D eigenvalue weighted by molar-refractivity contribution is 9.10. The van der Waals surface area contributed by atoms with E-state index in [1.165, 1.54) is 6.20 Å². The van der Waals surface area contributed by atoms with Crippen LogP contribution < -0.4 is 10.1 Å². The predicted molar refractivity (Wildman–Crippen MR) is 73.6 cm³/mol. The number of hydrogen-bond donors (Lipinski definition) is 2. The van der Waals surface area contributed by atoms with Crippen LogP contribution in [0.25, 0.3) is 11.6 Å². The second-order valence-electron chi connectivity index (χ2n) is 4.01. The third kappa shape index (κ3) is 3.95. The monoisotopic (exact) mass is 341 g/mol. The number of aromatic nitrogens is 2. The van der Waals surface area contributed by atoms with Gasteiger partial charge in [-0.25, -0.2) is 14.8 Å². The Morgan fingerprint density at radius 2 is 2.30 bits per heavy atom. The van der Waals surface area contributed by atoms with Gasteiger partial charge in [0.2, 0.25) is 5.89 Å². The summed E-state index contributed by atoms with van der Waals surface area (Å²) < 4.78 is 11.5. The molecule has 20 heavy (non-hydrogen) atoms. The molecule has 0 saturated carbocycles. The Balaban J connectivity index is 1.95. The number of carboxylic acid groups (broad SMARTS) is 1. The lowest BCUT2D eigenvalue weighted by molar-refractivity contribution is 0.176. The van der Waals surface area contributed by atoms with E-state index in [9.17, 15) is 4.79 Å². The third-order valence-corrected chi connectivity index (χ3v) is 2.75. The van der Waals surface area contributed by atoms with Gasteiger partial charge >= 0.3 is 12.0 Å². The minimum absolute atomic E-state index is 0.148. The number of pyridine rings is 1. The van der Waals surface area contributed by atoms with E-state index < -0.39 is 6.09 Å². The van der Waals surface area contributed by atoms with Crippen molar-refractivity contribution in [3.05, 3.63) is 29.0 Å². The van der Waals surface area contributed by atoms with Gasteiger partial charge in [0.25, 0.3) is 0 Å². The first kappa shape index (κ1) is 14.3. The first-order valence-corrected chi connectivity index (χ1v) is 6.54. The van der Waals surface area contributed by atoms with Crippen LogP contribution in [0.5, 0.6) is 5.95 Å². The molecule has 2 N–H and O–H groups in total. The number of amides is 1. The van der Waals surface area contributed by atoms with Crippen LogP contribution >= 0.6 is 15.9 Å². The van der Waals surface area contributed by atoms with Crippen LogP contribution in [-0.2, 0) is 0 Å². The molecule has 2 aromatic rings. The van der Waals surface area contributed by atoms with Crippen LogP contribution in [0.1, 0.15) is 6.92 Å². The van der Waals surface area contributed by atoms with Crippen molar-refractivity contribution >= 4 is 22.0 Å². The van der Waals surface area contributed by atoms with E-state index in [1.807, 2.05) is 6.07 Å². The van der Waals surface area contributed by atoms with Gasteiger partial charge in [-0.2, -0.15) is 0 Å². The van der Waals surface area contributed by atoms with Gasteiger partial charge in [-0.3, -0.25) is 0 Å². The molecule has 0 aromatic carbocycles. The van der Waals surface area contributed by atoms with Crippen molar-refractivity contribution < 1.29 is 19.1 Å². The number of oxazole rings is 1. The van der Waals surface area contributed by atoms with Crippen LogP contribution in [0, 0.1) is 0 Å². The molecule has 0 aliphatic rings. The van der Waals surface area contributed by atoms with E-state index in [0.29, 0.717) is 11.6 Å². The van der Waals surface area contributed by atoms with Crippen molar-refractivity contribution in [2.45, 2.75) is 13.0 Å². The average molecular weight is 342 g/mol. The molecule has 0 bridgehead atoms. The Labute approximate surface area is 123 Å². The van der Waals surface area contributed by atoms with Crippen molar-refractivity contribution in [2.24, 2.45) is 0 Å². The maximum absolute atomic E-state index is 10.4. The van der Waals surface area contributed by atoms with E-state index in [2.05, 4.69) is 31.2 Å². The normalized spacial score (nSPS) is 11.9. The summed E-state index contributed by atoms with van der Waals surface area (Å²) in [5.74, 6) is 0.551. The molecule has 1 amide bonds. The molecule has 2 heterocycles. The number of rotatable bonds is 5. The zero-order valence-electron chi connectivity index (χ0n) is 10.5. The maximum Gasteiger partial charge on any atom is 0.404 e. The highest BCUT2D eigenvalue weighted by atomic mass is 79.9. The van der Waals surface area contributed by atoms with Crippen LogP contribution in [0.4, 0.5) is 4.79 Å². The summed E-state index contributed by atoms with van der Waals surface area (Å²) in [4.78, 5) is 18.6. The Kier molecular flexibility index (Phi) is 4.57. The highest BCUT2D eigenvalue weighted by Crippen LogP contribution is 2.22. The van der Waals surface area contributed by atoms with Gasteiger partial charge in [0, 0.05) is 10.7 Å². The number of ether oxygens (including phenoxy) is 1. The Morgan fingerprint density at radius 1 is 1.50 bits per heavy atom.